The van der Waals surface area contributed by atoms with E-state index < -0.39 is 17.4 Å². The first kappa shape index (κ1) is 14.2. The maximum absolute atomic E-state index is 12.4. The minimum Gasteiger partial charge on any atom is -0.352 e. The van der Waals surface area contributed by atoms with Crippen LogP contribution in [0.4, 0.5) is 0 Å². The zero-order valence-electron chi connectivity index (χ0n) is 12.1. The van der Waals surface area contributed by atoms with E-state index in [1.165, 1.54) is 0 Å². The molecular weight excluding hydrogens is 256 g/mol. The molecule has 0 aliphatic carbocycles. The van der Waals surface area contributed by atoms with Gasteiger partial charge in [0.25, 0.3) is 11.8 Å². The maximum atomic E-state index is 12.4. The summed E-state index contributed by atoms with van der Waals surface area (Å²) >= 11 is 0. The van der Waals surface area contributed by atoms with E-state index in [1.54, 1.807) is 38.1 Å². The molecule has 1 aliphatic rings. The van der Waals surface area contributed by atoms with Crippen molar-refractivity contribution < 1.29 is 14.4 Å². The minimum atomic E-state index is -1.22. The van der Waals surface area contributed by atoms with Gasteiger partial charge < -0.3 is 5.32 Å². The molecule has 0 aromatic heterocycles. The fourth-order valence-electron chi connectivity index (χ4n) is 2.24. The lowest BCUT2D eigenvalue weighted by atomic mass is 10.0. The van der Waals surface area contributed by atoms with E-state index in [1.807, 2.05) is 13.8 Å². The lowest BCUT2D eigenvalue weighted by Gasteiger charge is -2.33. The van der Waals surface area contributed by atoms with Crippen molar-refractivity contribution in [1.29, 1.82) is 0 Å². The Morgan fingerprint density at radius 3 is 1.95 bits per heavy atom. The van der Waals surface area contributed by atoms with Crippen molar-refractivity contribution in [1.82, 2.24) is 10.2 Å². The van der Waals surface area contributed by atoms with E-state index in [-0.39, 0.29) is 11.9 Å². The molecule has 1 N–H and O–H groups in total. The highest BCUT2D eigenvalue weighted by Crippen LogP contribution is 2.29. The summed E-state index contributed by atoms with van der Waals surface area (Å²) in [7, 11) is 0. The van der Waals surface area contributed by atoms with Crippen LogP contribution in [-0.4, -0.2) is 34.2 Å². The molecule has 20 heavy (non-hydrogen) atoms. The molecule has 0 fully saturated rings. The Balaban J connectivity index is 2.38. The van der Waals surface area contributed by atoms with E-state index in [0.717, 1.165) is 4.90 Å². The monoisotopic (exact) mass is 274 g/mol. The third-order valence-corrected chi connectivity index (χ3v) is 3.33. The number of amides is 3. The third kappa shape index (κ3) is 2.09. The number of rotatable bonds is 3. The van der Waals surface area contributed by atoms with Crippen molar-refractivity contribution in [2.24, 2.45) is 0 Å². The van der Waals surface area contributed by atoms with Gasteiger partial charge in [-0.2, -0.15) is 0 Å². The van der Waals surface area contributed by atoms with Crippen molar-refractivity contribution in [3.05, 3.63) is 35.4 Å². The molecule has 106 valence electrons. The van der Waals surface area contributed by atoms with Gasteiger partial charge in [0.15, 0.2) is 0 Å². The van der Waals surface area contributed by atoms with Gasteiger partial charge in [-0.3, -0.25) is 19.3 Å². The molecule has 1 aliphatic heterocycles. The topological polar surface area (TPSA) is 66.5 Å². The Labute approximate surface area is 118 Å². The van der Waals surface area contributed by atoms with Gasteiger partial charge in [0.2, 0.25) is 5.91 Å². The molecule has 0 saturated heterocycles. The maximum Gasteiger partial charge on any atom is 0.262 e. The average Bonchev–Trinajstić information content (AvgIpc) is 2.62. The average molecular weight is 274 g/mol. The van der Waals surface area contributed by atoms with Crippen LogP contribution >= 0.6 is 0 Å². The van der Waals surface area contributed by atoms with Crippen LogP contribution in [0.25, 0.3) is 0 Å². The first-order chi connectivity index (χ1) is 9.26. The molecule has 0 bridgehead atoms. The summed E-state index contributed by atoms with van der Waals surface area (Å²) in [6.45, 7) is 6.81. The Bertz CT molecular complexity index is 556. The first-order valence-corrected chi connectivity index (χ1v) is 6.55. The molecule has 0 radical (unpaired) electrons. The largest absolute Gasteiger partial charge is 0.352 e. The van der Waals surface area contributed by atoms with Gasteiger partial charge in [0.05, 0.1) is 11.1 Å². The fourth-order valence-corrected chi connectivity index (χ4v) is 2.24. The van der Waals surface area contributed by atoms with E-state index in [2.05, 4.69) is 5.32 Å². The highest BCUT2D eigenvalue weighted by molar-refractivity contribution is 6.23. The summed E-state index contributed by atoms with van der Waals surface area (Å²) in [5, 5.41) is 2.74. The second kappa shape index (κ2) is 4.74. The summed E-state index contributed by atoms with van der Waals surface area (Å²) in [5.41, 5.74) is -0.525. The van der Waals surface area contributed by atoms with Crippen molar-refractivity contribution in [2.45, 2.75) is 39.3 Å². The standard InChI is InChI=1S/C15H18N2O3/c1-9(2)16-14(20)15(3,4)17-12(18)10-7-5-6-8-11(10)13(17)19/h5-9H,1-4H3,(H,16,20). The number of carbonyl (C=O) groups excluding carboxylic acids is 3. The van der Waals surface area contributed by atoms with Crippen molar-refractivity contribution in [3.63, 3.8) is 0 Å². The molecule has 0 spiro atoms. The molecule has 5 heteroatoms. The van der Waals surface area contributed by atoms with Crippen LogP contribution in [0.1, 0.15) is 48.4 Å². The lowest BCUT2D eigenvalue weighted by Crippen LogP contribution is -2.58. The zero-order chi connectivity index (χ0) is 15.1. The van der Waals surface area contributed by atoms with Crippen LogP contribution in [-0.2, 0) is 4.79 Å². The van der Waals surface area contributed by atoms with E-state index in [0.29, 0.717) is 11.1 Å². The number of hydrogen-bond acceptors (Lipinski definition) is 3. The van der Waals surface area contributed by atoms with Gasteiger partial charge in [-0.05, 0) is 39.8 Å². The molecular formula is C15H18N2O3. The van der Waals surface area contributed by atoms with Crippen LogP contribution in [0.3, 0.4) is 0 Å². The number of nitrogens with zero attached hydrogens (tertiary/aromatic N) is 1. The molecule has 1 aromatic carbocycles. The Hall–Kier alpha value is -2.17. The molecule has 5 nitrogen and oxygen atoms in total. The second-order valence-corrected chi connectivity index (χ2v) is 5.68. The van der Waals surface area contributed by atoms with Gasteiger partial charge in [-0.1, -0.05) is 12.1 Å². The normalized spacial score (nSPS) is 14.8. The molecule has 2 rings (SSSR count). The van der Waals surface area contributed by atoms with Crippen LogP contribution in [0.2, 0.25) is 0 Å². The lowest BCUT2D eigenvalue weighted by molar-refractivity contribution is -0.129. The van der Waals surface area contributed by atoms with Crippen LogP contribution in [0.15, 0.2) is 24.3 Å². The fraction of sp³-hybridized carbons (Fsp3) is 0.400. The predicted molar refractivity (Wildman–Crippen MR) is 74.3 cm³/mol. The predicted octanol–water partition coefficient (Wildman–Crippen LogP) is 1.59. The Kier molecular flexibility index (Phi) is 3.38. The number of hydrogen-bond donors (Lipinski definition) is 1. The zero-order valence-corrected chi connectivity index (χ0v) is 12.1. The summed E-state index contributed by atoms with van der Waals surface area (Å²) in [4.78, 5) is 38.0. The highest BCUT2D eigenvalue weighted by Gasteiger charge is 2.47. The van der Waals surface area contributed by atoms with Gasteiger partial charge in [-0.15, -0.1) is 0 Å². The molecule has 1 aromatic rings. The van der Waals surface area contributed by atoms with E-state index >= 15 is 0 Å². The van der Waals surface area contributed by atoms with Gasteiger partial charge in [0.1, 0.15) is 5.54 Å². The molecule has 0 saturated carbocycles. The summed E-state index contributed by atoms with van der Waals surface area (Å²) in [6, 6.07) is 6.55. The molecule has 0 unspecified atom stereocenters. The van der Waals surface area contributed by atoms with Gasteiger partial charge >= 0.3 is 0 Å². The van der Waals surface area contributed by atoms with Crippen LogP contribution < -0.4 is 5.32 Å². The van der Waals surface area contributed by atoms with Gasteiger partial charge in [0, 0.05) is 6.04 Å². The van der Waals surface area contributed by atoms with E-state index in [9.17, 15) is 14.4 Å². The Morgan fingerprint density at radius 2 is 1.55 bits per heavy atom. The number of nitrogens with one attached hydrogen (secondary N) is 1. The van der Waals surface area contributed by atoms with Crippen molar-refractivity contribution in [2.75, 3.05) is 0 Å². The highest BCUT2D eigenvalue weighted by atomic mass is 16.2. The Morgan fingerprint density at radius 1 is 1.10 bits per heavy atom. The molecule has 1 heterocycles. The number of fused-ring (bicyclic) bond motifs is 1. The summed E-state index contributed by atoms with van der Waals surface area (Å²) < 4.78 is 0. The second-order valence-electron chi connectivity index (χ2n) is 5.68. The first-order valence-electron chi connectivity index (χ1n) is 6.55. The van der Waals surface area contributed by atoms with Crippen molar-refractivity contribution >= 4 is 17.7 Å². The van der Waals surface area contributed by atoms with E-state index in [4.69, 9.17) is 0 Å². The molecule has 3 amide bonds. The number of carbonyl (C=O) groups is 3. The third-order valence-electron chi connectivity index (χ3n) is 3.33. The SMILES string of the molecule is CC(C)NC(=O)C(C)(C)N1C(=O)c2ccccc2C1=O. The van der Waals surface area contributed by atoms with Gasteiger partial charge in [-0.25, -0.2) is 0 Å². The van der Waals surface area contributed by atoms with Crippen LogP contribution in [0, 0.1) is 0 Å². The van der Waals surface area contributed by atoms with Crippen LogP contribution in [0.5, 0.6) is 0 Å². The smallest absolute Gasteiger partial charge is 0.262 e. The summed E-state index contributed by atoms with van der Waals surface area (Å²) in [5.74, 6) is -1.19. The quantitative estimate of drug-likeness (QED) is 0.851. The minimum absolute atomic E-state index is 0.0584. The number of imide groups is 1. The molecule has 0 atom stereocenters. The summed E-state index contributed by atoms with van der Waals surface area (Å²) in [6.07, 6.45) is 0. The van der Waals surface area contributed by atoms with Crippen molar-refractivity contribution in [3.8, 4) is 0 Å². The number of benzene rings is 1.